The number of hydrogen-bond acceptors (Lipinski definition) is 3. The van der Waals surface area contributed by atoms with Crippen molar-refractivity contribution in [1.29, 1.82) is 0 Å². The van der Waals surface area contributed by atoms with Crippen molar-refractivity contribution < 1.29 is 27.8 Å². The van der Waals surface area contributed by atoms with Gasteiger partial charge in [0.25, 0.3) is 0 Å². The Kier molecular flexibility index (Phi) is 4.39. The number of aliphatic hydroxyl groups is 1. The van der Waals surface area contributed by atoms with Gasteiger partial charge in [-0.15, -0.1) is 0 Å². The molecule has 1 heterocycles. The summed E-state index contributed by atoms with van der Waals surface area (Å²) in [5.41, 5.74) is -3.28. The summed E-state index contributed by atoms with van der Waals surface area (Å²) in [6, 6.07) is -0.478. The maximum atomic E-state index is 12.8. The molecule has 2 N–H and O–H groups in total. The molecule has 1 aliphatic carbocycles. The van der Waals surface area contributed by atoms with Gasteiger partial charge in [0, 0.05) is 44.5 Å². The van der Waals surface area contributed by atoms with Crippen LogP contribution in [0.4, 0.5) is 18.0 Å². The maximum Gasteiger partial charge on any atom is 0.417 e. The van der Waals surface area contributed by atoms with Crippen molar-refractivity contribution in [3.8, 4) is 0 Å². The van der Waals surface area contributed by atoms with Crippen LogP contribution >= 0.6 is 0 Å². The number of nitrogens with one attached hydrogen (secondary N) is 1. The molecule has 134 valence electrons. The summed E-state index contributed by atoms with van der Waals surface area (Å²) in [7, 11) is 1.63. The minimum atomic E-state index is -4.66. The molecule has 5 nitrogen and oxygen atoms in total. The van der Waals surface area contributed by atoms with Crippen LogP contribution in [-0.4, -0.2) is 59.7 Å². The third-order valence-electron chi connectivity index (χ3n) is 5.98. The predicted octanol–water partition coefficient (Wildman–Crippen LogP) is 2.29. The Bertz CT molecular complexity index is 473. The molecule has 0 aromatic rings. The van der Waals surface area contributed by atoms with E-state index in [0.29, 0.717) is 6.42 Å². The van der Waals surface area contributed by atoms with Crippen molar-refractivity contribution in [2.24, 2.45) is 5.41 Å². The molecule has 0 radical (unpaired) electrons. The fourth-order valence-electron chi connectivity index (χ4n) is 3.33. The number of methoxy groups -OCH3 is 1. The largest absolute Gasteiger partial charge is 0.417 e. The molecule has 0 spiro atoms. The van der Waals surface area contributed by atoms with Crippen LogP contribution in [-0.2, 0) is 4.74 Å². The minimum Gasteiger partial charge on any atom is -0.380 e. The van der Waals surface area contributed by atoms with Gasteiger partial charge in [0.15, 0.2) is 5.60 Å². The van der Waals surface area contributed by atoms with E-state index in [1.807, 2.05) is 20.8 Å². The molecule has 2 fully saturated rings. The normalized spacial score (nSPS) is 33.0. The monoisotopic (exact) mass is 338 g/mol. The summed E-state index contributed by atoms with van der Waals surface area (Å²) in [5, 5.41) is 12.5. The first-order valence-electron chi connectivity index (χ1n) is 7.76. The number of nitrogens with zero attached hydrogens (tertiary/aromatic N) is 1. The molecule has 1 saturated heterocycles. The van der Waals surface area contributed by atoms with Crippen LogP contribution in [0.3, 0.4) is 0 Å². The number of piperidine rings is 1. The highest BCUT2D eigenvalue weighted by atomic mass is 19.4. The van der Waals surface area contributed by atoms with Crippen LogP contribution < -0.4 is 5.32 Å². The molecular formula is C15H25F3N2O3. The highest BCUT2D eigenvalue weighted by Crippen LogP contribution is 2.51. The van der Waals surface area contributed by atoms with Crippen LogP contribution in [0, 0.1) is 5.41 Å². The number of halogens is 3. The van der Waals surface area contributed by atoms with Crippen molar-refractivity contribution in [2.75, 3.05) is 20.2 Å². The van der Waals surface area contributed by atoms with E-state index in [4.69, 9.17) is 4.74 Å². The van der Waals surface area contributed by atoms with E-state index in [1.165, 1.54) is 4.90 Å². The summed E-state index contributed by atoms with van der Waals surface area (Å²) in [6.07, 6.45) is -4.99. The number of amides is 2. The van der Waals surface area contributed by atoms with Gasteiger partial charge >= 0.3 is 12.2 Å². The topological polar surface area (TPSA) is 61.8 Å². The van der Waals surface area contributed by atoms with Crippen LogP contribution in [0.15, 0.2) is 0 Å². The summed E-state index contributed by atoms with van der Waals surface area (Å²) >= 11 is 0. The Morgan fingerprint density at radius 2 is 1.78 bits per heavy atom. The highest BCUT2D eigenvalue weighted by Gasteiger charge is 2.59. The average molecular weight is 338 g/mol. The van der Waals surface area contributed by atoms with E-state index in [2.05, 4.69) is 5.32 Å². The number of carbonyl (C=O) groups is 1. The SMILES string of the molecule is CO[C@@]1(C)C[C@H](NC(=O)N2CCC(O)(C(F)(F)F)CC2)C1(C)C. The van der Waals surface area contributed by atoms with Gasteiger partial charge in [-0.1, -0.05) is 13.8 Å². The van der Waals surface area contributed by atoms with Gasteiger partial charge in [0.05, 0.1) is 5.60 Å². The zero-order valence-electron chi connectivity index (χ0n) is 14.0. The Morgan fingerprint density at radius 3 is 2.17 bits per heavy atom. The molecule has 1 saturated carbocycles. The van der Waals surface area contributed by atoms with Crippen molar-refractivity contribution >= 4 is 6.03 Å². The number of rotatable bonds is 2. The second-order valence-electron chi connectivity index (χ2n) is 7.38. The summed E-state index contributed by atoms with van der Waals surface area (Å²) in [6.45, 7) is 5.72. The van der Waals surface area contributed by atoms with Crippen molar-refractivity contribution in [3.05, 3.63) is 0 Å². The van der Waals surface area contributed by atoms with Gasteiger partial charge in [-0.25, -0.2) is 4.79 Å². The summed E-state index contributed by atoms with van der Waals surface area (Å²) in [4.78, 5) is 13.6. The Balaban J connectivity index is 1.90. The van der Waals surface area contributed by atoms with Crippen molar-refractivity contribution in [1.82, 2.24) is 10.2 Å². The van der Waals surface area contributed by atoms with E-state index in [9.17, 15) is 23.1 Å². The van der Waals surface area contributed by atoms with Gasteiger partial charge < -0.3 is 20.1 Å². The minimum absolute atomic E-state index is 0.0941. The number of urea groups is 1. The first kappa shape index (κ1) is 18.3. The number of ether oxygens (including phenoxy) is 1. The number of likely N-dealkylation sites (tertiary alicyclic amines) is 1. The lowest BCUT2D eigenvalue weighted by Crippen LogP contribution is -2.69. The van der Waals surface area contributed by atoms with E-state index in [1.54, 1.807) is 7.11 Å². The molecule has 0 unspecified atom stereocenters. The molecule has 2 rings (SSSR count). The fraction of sp³-hybridized carbons (Fsp3) is 0.933. The van der Waals surface area contributed by atoms with E-state index < -0.39 is 24.6 Å². The van der Waals surface area contributed by atoms with Crippen LogP contribution in [0.25, 0.3) is 0 Å². The number of carbonyl (C=O) groups excluding carboxylic acids is 1. The quantitative estimate of drug-likeness (QED) is 0.812. The molecular weight excluding hydrogens is 313 g/mol. The highest BCUT2D eigenvalue weighted by molar-refractivity contribution is 5.75. The van der Waals surface area contributed by atoms with Crippen LogP contribution in [0.5, 0.6) is 0 Å². The fourth-order valence-corrected chi connectivity index (χ4v) is 3.33. The summed E-state index contributed by atoms with van der Waals surface area (Å²) in [5.74, 6) is 0. The predicted molar refractivity (Wildman–Crippen MR) is 77.9 cm³/mol. The summed E-state index contributed by atoms with van der Waals surface area (Å²) < 4.78 is 43.8. The van der Waals surface area contributed by atoms with Crippen LogP contribution in [0.2, 0.25) is 0 Å². The maximum absolute atomic E-state index is 12.8. The standard InChI is InChI=1S/C15H25F3N2O3/c1-12(2)10(9-13(12,3)23-4)19-11(21)20-7-5-14(22,6-8-20)15(16,17)18/h10,22H,5-9H2,1-4H3,(H,19,21)/t10-,13-/m0/s1. The van der Waals surface area contributed by atoms with E-state index in [-0.39, 0.29) is 36.2 Å². The zero-order chi connectivity index (χ0) is 17.7. The zero-order valence-corrected chi connectivity index (χ0v) is 14.0. The van der Waals surface area contributed by atoms with Crippen LogP contribution in [0.1, 0.15) is 40.0 Å². The molecule has 2 amide bonds. The molecule has 2 atom stereocenters. The second kappa shape index (κ2) is 5.51. The molecule has 0 aromatic carbocycles. The first-order valence-corrected chi connectivity index (χ1v) is 7.76. The Morgan fingerprint density at radius 1 is 1.26 bits per heavy atom. The third kappa shape index (κ3) is 2.91. The Hall–Kier alpha value is -1.02. The molecule has 1 aliphatic heterocycles. The lowest BCUT2D eigenvalue weighted by atomic mass is 9.56. The third-order valence-corrected chi connectivity index (χ3v) is 5.98. The van der Waals surface area contributed by atoms with Gasteiger partial charge in [-0.05, 0) is 13.3 Å². The molecule has 2 aliphatic rings. The molecule has 0 bridgehead atoms. The van der Waals surface area contributed by atoms with Gasteiger partial charge in [-0.2, -0.15) is 13.2 Å². The van der Waals surface area contributed by atoms with Gasteiger partial charge in [0.2, 0.25) is 0 Å². The lowest BCUT2D eigenvalue weighted by molar-refractivity contribution is -0.271. The van der Waals surface area contributed by atoms with Gasteiger partial charge in [-0.3, -0.25) is 0 Å². The second-order valence-corrected chi connectivity index (χ2v) is 7.38. The Labute approximate surface area is 134 Å². The van der Waals surface area contributed by atoms with Crippen molar-refractivity contribution in [2.45, 2.75) is 63.5 Å². The van der Waals surface area contributed by atoms with E-state index >= 15 is 0 Å². The van der Waals surface area contributed by atoms with Gasteiger partial charge in [0.1, 0.15) is 0 Å². The first-order chi connectivity index (χ1) is 10.4. The molecule has 0 aromatic heterocycles. The number of hydrogen-bond donors (Lipinski definition) is 2. The lowest BCUT2D eigenvalue weighted by Gasteiger charge is -2.59. The number of alkyl halides is 3. The molecule has 23 heavy (non-hydrogen) atoms. The van der Waals surface area contributed by atoms with E-state index in [0.717, 1.165) is 0 Å². The van der Waals surface area contributed by atoms with Crippen molar-refractivity contribution in [3.63, 3.8) is 0 Å². The molecule has 8 heteroatoms. The average Bonchev–Trinajstić information content (AvgIpc) is 2.46. The smallest absolute Gasteiger partial charge is 0.380 e.